The fourth-order valence-corrected chi connectivity index (χ4v) is 3.26. The van der Waals surface area contributed by atoms with Gasteiger partial charge in [-0.3, -0.25) is 0 Å². The van der Waals surface area contributed by atoms with Crippen LogP contribution in [0.15, 0.2) is 60.8 Å². The van der Waals surface area contributed by atoms with Crippen LogP contribution in [0.2, 0.25) is 0 Å². The number of rotatable bonds is 1. The molecule has 0 saturated carbocycles. The molecule has 0 fully saturated rings. The van der Waals surface area contributed by atoms with E-state index in [1.807, 2.05) is 55.1 Å². The Morgan fingerprint density at radius 3 is 2.38 bits per heavy atom. The van der Waals surface area contributed by atoms with E-state index in [1.54, 1.807) is 6.07 Å². The van der Waals surface area contributed by atoms with Crippen LogP contribution in [-0.2, 0) is 13.2 Å². The Bertz CT molecular complexity index is 1150. The molecule has 0 bridgehead atoms. The molecule has 0 unspecified atom stereocenters. The zero-order valence-corrected chi connectivity index (χ0v) is 14.3. The Morgan fingerprint density at radius 1 is 0.923 bits per heavy atom. The molecule has 0 aliphatic carbocycles. The Kier molecular flexibility index (Phi) is 3.68. The second kappa shape index (κ2) is 5.80. The van der Waals surface area contributed by atoms with E-state index in [9.17, 15) is 13.2 Å². The first-order valence-electron chi connectivity index (χ1n) is 8.21. The van der Waals surface area contributed by atoms with E-state index in [0.717, 1.165) is 28.4 Å². The molecule has 130 valence electrons. The summed E-state index contributed by atoms with van der Waals surface area (Å²) in [6.45, 7) is 2.01. The van der Waals surface area contributed by atoms with Gasteiger partial charge < -0.3 is 0 Å². The average molecular weight is 353 g/mol. The van der Waals surface area contributed by atoms with E-state index in [0.29, 0.717) is 16.3 Å². The molecule has 5 heteroatoms. The zero-order chi connectivity index (χ0) is 18.5. The SMILES string of the molecule is Cc1ccccc1-c1nc2c(ccc3cc(C(F)(F)F)ccc32)c[n+]1C. The van der Waals surface area contributed by atoms with Gasteiger partial charge in [-0.05, 0) is 53.2 Å². The third-order valence-corrected chi connectivity index (χ3v) is 4.62. The van der Waals surface area contributed by atoms with E-state index in [-0.39, 0.29) is 0 Å². The molecular weight excluding hydrogens is 337 g/mol. The summed E-state index contributed by atoms with van der Waals surface area (Å²) in [5.41, 5.74) is 2.15. The number of aryl methyl sites for hydroxylation is 2. The lowest BCUT2D eigenvalue weighted by atomic mass is 10.0. The van der Waals surface area contributed by atoms with E-state index in [1.165, 1.54) is 12.1 Å². The summed E-state index contributed by atoms with van der Waals surface area (Å²) in [4.78, 5) is 4.81. The maximum atomic E-state index is 13.0. The van der Waals surface area contributed by atoms with Gasteiger partial charge in [0.05, 0.1) is 23.6 Å². The first-order valence-corrected chi connectivity index (χ1v) is 8.21. The summed E-state index contributed by atoms with van der Waals surface area (Å²) in [5, 5.41) is 2.13. The Hall–Kier alpha value is -2.95. The highest BCUT2D eigenvalue weighted by Crippen LogP contribution is 2.33. The number of halogens is 3. The van der Waals surface area contributed by atoms with Gasteiger partial charge in [0.2, 0.25) is 0 Å². The van der Waals surface area contributed by atoms with Crippen LogP contribution >= 0.6 is 0 Å². The quantitative estimate of drug-likeness (QED) is 0.339. The Balaban J connectivity index is 2.01. The van der Waals surface area contributed by atoms with E-state index < -0.39 is 11.7 Å². The number of hydrogen-bond donors (Lipinski definition) is 0. The molecule has 26 heavy (non-hydrogen) atoms. The van der Waals surface area contributed by atoms with Gasteiger partial charge in [-0.25, -0.2) is 4.57 Å². The molecule has 0 aliphatic heterocycles. The second-order valence-electron chi connectivity index (χ2n) is 6.43. The van der Waals surface area contributed by atoms with Crippen LogP contribution in [0.3, 0.4) is 0 Å². The number of hydrogen-bond acceptors (Lipinski definition) is 1. The van der Waals surface area contributed by atoms with Crippen molar-refractivity contribution in [1.29, 1.82) is 0 Å². The molecule has 1 heterocycles. The molecule has 4 aromatic rings. The predicted molar refractivity (Wildman–Crippen MR) is 95.6 cm³/mol. The monoisotopic (exact) mass is 353 g/mol. The van der Waals surface area contributed by atoms with E-state index in [4.69, 9.17) is 4.98 Å². The summed E-state index contributed by atoms with van der Waals surface area (Å²) in [7, 11) is 1.92. The lowest BCUT2D eigenvalue weighted by Crippen LogP contribution is -2.32. The van der Waals surface area contributed by atoms with Crippen molar-refractivity contribution in [3.63, 3.8) is 0 Å². The molecule has 4 rings (SSSR count). The minimum atomic E-state index is -4.36. The van der Waals surface area contributed by atoms with Gasteiger partial charge >= 0.3 is 12.0 Å². The standard InChI is InChI=1S/C21H16F3N2/c1-13-5-3-4-6-17(13)20-25-19-15(12-26(20)2)8-7-14-11-16(21(22,23)24)9-10-18(14)19/h3-12H,1-2H3/q+1. The number of nitrogens with zero attached hydrogens (tertiary/aromatic N) is 2. The highest BCUT2D eigenvalue weighted by atomic mass is 19.4. The molecule has 0 amide bonds. The summed E-state index contributed by atoms with van der Waals surface area (Å²) in [5.74, 6) is 0.781. The van der Waals surface area contributed by atoms with Crippen molar-refractivity contribution < 1.29 is 17.7 Å². The van der Waals surface area contributed by atoms with Gasteiger partial charge in [-0.2, -0.15) is 13.2 Å². The molecular formula is C21H16F3N2+. The largest absolute Gasteiger partial charge is 0.416 e. The normalized spacial score (nSPS) is 12.0. The van der Waals surface area contributed by atoms with Crippen LogP contribution in [0.5, 0.6) is 0 Å². The number of aromatic nitrogens is 2. The van der Waals surface area contributed by atoms with Crippen molar-refractivity contribution in [1.82, 2.24) is 4.98 Å². The van der Waals surface area contributed by atoms with Crippen molar-refractivity contribution >= 4 is 21.7 Å². The number of alkyl halides is 3. The van der Waals surface area contributed by atoms with Crippen LogP contribution in [0.1, 0.15) is 11.1 Å². The molecule has 3 aromatic carbocycles. The highest BCUT2D eigenvalue weighted by Gasteiger charge is 2.30. The smallest absolute Gasteiger partial charge is 0.232 e. The Labute approximate surface area is 148 Å². The number of fused-ring (bicyclic) bond motifs is 3. The summed E-state index contributed by atoms with van der Waals surface area (Å²) < 4.78 is 40.9. The highest BCUT2D eigenvalue weighted by molar-refractivity contribution is 6.05. The molecule has 0 saturated heterocycles. The van der Waals surface area contributed by atoms with Crippen LogP contribution in [0, 0.1) is 6.92 Å². The first kappa shape index (κ1) is 16.5. The van der Waals surface area contributed by atoms with E-state index in [2.05, 4.69) is 0 Å². The van der Waals surface area contributed by atoms with Crippen molar-refractivity contribution in [2.45, 2.75) is 13.1 Å². The van der Waals surface area contributed by atoms with Gasteiger partial charge in [-0.15, -0.1) is 0 Å². The van der Waals surface area contributed by atoms with Gasteiger partial charge in [0.15, 0.2) is 5.52 Å². The molecule has 0 spiro atoms. The van der Waals surface area contributed by atoms with Crippen molar-refractivity contribution in [3.05, 3.63) is 71.9 Å². The number of benzene rings is 3. The van der Waals surface area contributed by atoms with Crippen LogP contribution < -0.4 is 4.57 Å². The van der Waals surface area contributed by atoms with Crippen LogP contribution in [0.4, 0.5) is 13.2 Å². The summed E-state index contributed by atoms with van der Waals surface area (Å²) in [6.07, 6.45) is -2.40. The lowest BCUT2D eigenvalue weighted by Gasteiger charge is -2.09. The Morgan fingerprint density at radius 2 is 1.65 bits per heavy atom. The van der Waals surface area contributed by atoms with Crippen LogP contribution in [-0.4, -0.2) is 4.98 Å². The van der Waals surface area contributed by atoms with Crippen molar-refractivity contribution in [2.24, 2.45) is 7.05 Å². The van der Waals surface area contributed by atoms with Gasteiger partial charge in [0.25, 0.3) is 0 Å². The van der Waals surface area contributed by atoms with Gasteiger partial charge in [-0.1, -0.05) is 24.3 Å². The van der Waals surface area contributed by atoms with Gasteiger partial charge in [0, 0.05) is 5.39 Å². The van der Waals surface area contributed by atoms with Crippen LogP contribution in [0.25, 0.3) is 33.1 Å². The maximum Gasteiger partial charge on any atom is 0.416 e. The summed E-state index contributed by atoms with van der Waals surface area (Å²) >= 11 is 0. The minimum absolute atomic E-state index is 0.532. The fraction of sp³-hybridized carbons (Fsp3) is 0.143. The summed E-state index contributed by atoms with van der Waals surface area (Å²) in [6, 6.07) is 15.3. The molecule has 0 N–H and O–H groups in total. The first-order chi connectivity index (χ1) is 12.3. The van der Waals surface area contributed by atoms with Crippen molar-refractivity contribution in [2.75, 3.05) is 0 Å². The topological polar surface area (TPSA) is 16.8 Å². The average Bonchev–Trinajstić information content (AvgIpc) is 2.60. The molecule has 0 atom stereocenters. The molecule has 1 aromatic heterocycles. The third-order valence-electron chi connectivity index (χ3n) is 4.62. The molecule has 2 nitrogen and oxygen atoms in total. The fourth-order valence-electron chi connectivity index (χ4n) is 3.26. The molecule has 0 aliphatic rings. The zero-order valence-electron chi connectivity index (χ0n) is 14.3. The third kappa shape index (κ3) is 2.69. The molecule has 0 radical (unpaired) electrons. The van der Waals surface area contributed by atoms with Gasteiger partial charge in [0.1, 0.15) is 6.20 Å². The minimum Gasteiger partial charge on any atom is -0.232 e. The van der Waals surface area contributed by atoms with Crippen molar-refractivity contribution in [3.8, 4) is 11.4 Å². The van der Waals surface area contributed by atoms with E-state index >= 15 is 0 Å². The lowest BCUT2D eigenvalue weighted by molar-refractivity contribution is -0.661. The maximum absolute atomic E-state index is 13.0. The predicted octanol–water partition coefficient (Wildman–Crippen LogP) is 5.21. The second-order valence-corrected chi connectivity index (χ2v) is 6.43.